The van der Waals surface area contributed by atoms with Gasteiger partial charge in [-0.25, -0.2) is 29.6 Å². The first kappa shape index (κ1) is 99.0. The van der Waals surface area contributed by atoms with Crippen molar-refractivity contribution < 1.29 is 96.7 Å². The number of aromatic nitrogens is 1. The zero-order chi connectivity index (χ0) is 87.5. The number of ether oxygens (including phenoxy) is 3. The number of nitrogens with zero attached hydrogens (tertiary/aromatic N) is 3. The van der Waals surface area contributed by atoms with Gasteiger partial charge in [0.25, 0.3) is 5.91 Å². The minimum Gasteiger partial charge on any atom is -0.508 e. The number of carbonyl (C=O) groups is 14. The molecule has 1 unspecified atom stereocenters. The van der Waals surface area contributed by atoms with Crippen LogP contribution in [0.3, 0.4) is 0 Å². The molecule has 12 amide bonds. The number of aliphatic carboxylic acids is 2. The zero-order valence-electron chi connectivity index (χ0n) is 69.1. The van der Waals surface area contributed by atoms with Crippen LogP contribution in [0, 0.1) is 17.8 Å². The quantitative estimate of drug-likeness (QED) is 0.00393. The summed E-state index contributed by atoms with van der Waals surface area (Å²) in [7, 11) is 4.62. The zero-order valence-corrected chi connectivity index (χ0v) is 71.6. The predicted molar refractivity (Wildman–Crippen MR) is 449 cm³/mol. The number of hydrogen-bond donors (Lipinski definition) is 14. The fourth-order valence-electron chi connectivity index (χ4n) is 12.6. The lowest BCUT2D eigenvalue weighted by Crippen LogP contribution is -2.59. The molecule has 1 fully saturated rings. The maximum absolute atomic E-state index is 15.0. The molecule has 1 aliphatic rings. The number of nitrogens with one attached hydrogen (secondary N) is 11. The van der Waals surface area contributed by atoms with Gasteiger partial charge in [-0.2, -0.15) is 0 Å². The first-order chi connectivity index (χ1) is 56.8. The molecule has 1 aliphatic heterocycles. The smallest absolute Gasteiger partial charge is 0.426 e. The molecule has 2 heterocycles. The average Bonchev–Trinajstić information content (AvgIpc) is 1.81. The molecule has 14 N–H and O–H groups in total. The van der Waals surface area contributed by atoms with Crippen LogP contribution in [-0.2, 0) is 88.0 Å². The van der Waals surface area contributed by atoms with Crippen LogP contribution in [0.15, 0.2) is 96.9 Å². The van der Waals surface area contributed by atoms with Crippen molar-refractivity contribution in [2.45, 2.75) is 219 Å². The Balaban J connectivity index is 1.07. The molecule has 4 aromatic rings. The second-order valence-corrected chi connectivity index (χ2v) is 33.1. The van der Waals surface area contributed by atoms with E-state index in [1.54, 1.807) is 55.5 Å². The van der Waals surface area contributed by atoms with Gasteiger partial charge < -0.3 is 82.3 Å². The number of likely N-dealkylation sites (tertiary alicyclic amines) is 1. The molecule has 5 rings (SSSR count). The van der Waals surface area contributed by atoms with Crippen molar-refractivity contribution in [3.63, 3.8) is 0 Å². The molecular formula is C82H118N14O20S3. The van der Waals surface area contributed by atoms with Gasteiger partial charge in [0.2, 0.25) is 35.4 Å². The van der Waals surface area contributed by atoms with E-state index in [2.05, 4.69) is 70.3 Å². The highest BCUT2D eigenvalue weighted by molar-refractivity contribution is 8.76. The fraction of sp³-hybridized carbons (Fsp3) is 0.549. The minimum atomic E-state index is -1.34. The Labute approximate surface area is 706 Å². The highest BCUT2D eigenvalue weighted by atomic mass is 33.1. The summed E-state index contributed by atoms with van der Waals surface area (Å²) < 4.78 is 16.9. The summed E-state index contributed by atoms with van der Waals surface area (Å²) in [6.45, 7) is 18.7. The van der Waals surface area contributed by atoms with Crippen LogP contribution >= 0.6 is 32.9 Å². The maximum atomic E-state index is 15.0. The fourth-order valence-corrected chi connectivity index (χ4v) is 15.6. The Hall–Kier alpha value is -10.5. The van der Waals surface area contributed by atoms with E-state index in [9.17, 15) is 72.5 Å². The number of carbonyl (C=O) groups excluding carboxylic acids is 12. The summed E-state index contributed by atoms with van der Waals surface area (Å²) in [6, 6.07) is 14.4. The van der Waals surface area contributed by atoms with E-state index in [-0.39, 0.29) is 105 Å². The van der Waals surface area contributed by atoms with Crippen LogP contribution in [0.4, 0.5) is 14.4 Å². The van der Waals surface area contributed by atoms with Gasteiger partial charge in [0, 0.05) is 87.3 Å². The van der Waals surface area contributed by atoms with Crippen LogP contribution in [0.5, 0.6) is 5.75 Å². The number of carboxylic acids is 2. The van der Waals surface area contributed by atoms with Gasteiger partial charge in [0.15, 0.2) is 12.8 Å². The van der Waals surface area contributed by atoms with Crippen LogP contribution in [0.1, 0.15) is 183 Å². The highest BCUT2D eigenvalue weighted by Gasteiger charge is 2.40. The van der Waals surface area contributed by atoms with Crippen molar-refractivity contribution in [1.82, 2.24) is 73.5 Å². The molecule has 0 saturated carbocycles. The topological polar surface area (TPSA) is 479 Å². The average molecular weight is 1720 g/mol. The number of unbranched alkanes of at least 4 members (excludes halogenated alkanes) is 2. The van der Waals surface area contributed by atoms with Gasteiger partial charge in [-0.05, 0) is 131 Å². The van der Waals surface area contributed by atoms with Gasteiger partial charge >= 0.3 is 42.0 Å². The van der Waals surface area contributed by atoms with E-state index >= 15 is 4.79 Å². The van der Waals surface area contributed by atoms with Gasteiger partial charge in [0.1, 0.15) is 47.2 Å². The number of hydrogen-bond acceptors (Lipinski definition) is 23. The molecular weight excluding hydrogens is 1600 g/mol. The molecule has 34 nitrogen and oxygen atoms in total. The number of benzene rings is 3. The van der Waals surface area contributed by atoms with E-state index < -0.39 is 145 Å². The molecule has 37 heteroatoms. The number of phenols is 1. The monoisotopic (exact) mass is 1710 g/mol. The Morgan fingerprint density at radius 2 is 1.38 bits per heavy atom. The summed E-state index contributed by atoms with van der Waals surface area (Å²) >= 11 is 1.04. The van der Waals surface area contributed by atoms with E-state index in [0.717, 1.165) is 41.9 Å². The summed E-state index contributed by atoms with van der Waals surface area (Å²) in [5.41, 5.74) is 7.38. The summed E-state index contributed by atoms with van der Waals surface area (Å²) in [5.74, 6) is -8.28. The number of piperidine rings is 1. The van der Waals surface area contributed by atoms with Crippen molar-refractivity contribution in [3.8, 4) is 5.75 Å². The van der Waals surface area contributed by atoms with Crippen molar-refractivity contribution >= 4 is 116 Å². The molecule has 11 atom stereocenters. The molecule has 119 heavy (non-hydrogen) atoms. The molecule has 0 radical (unpaired) electrons. The summed E-state index contributed by atoms with van der Waals surface area (Å²) in [6.07, 6.45) is 4.07. The summed E-state index contributed by atoms with van der Waals surface area (Å²) in [5, 5.41) is 54.5. The Bertz CT molecular complexity index is 3980. The van der Waals surface area contributed by atoms with Crippen molar-refractivity contribution in [3.05, 3.63) is 130 Å². The van der Waals surface area contributed by atoms with Crippen LogP contribution in [0.2, 0.25) is 0 Å². The van der Waals surface area contributed by atoms with E-state index in [1.165, 1.54) is 63.9 Å². The third-order valence-corrected chi connectivity index (χ3v) is 23.0. The molecule has 654 valence electrons. The summed E-state index contributed by atoms with van der Waals surface area (Å²) in [4.78, 5) is 191. The third kappa shape index (κ3) is 37.1. The molecule has 0 aliphatic carbocycles. The van der Waals surface area contributed by atoms with Crippen LogP contribution in [0.25, 0.3) is 0 Å². The number of rotatable bonds is 51. The standard InChI is InChI=1S/C82H118N14O20S3/c1-11-22-70(102)115-49-96(78(108)71(51(6)12-2)92-76(107)65-25-18-21-38-95(65)10)66(50(4)5)45-67(116-54(9)97)77-90-64(48-117-77)75(106)88-60(41-56-30-32-61(98)33-31-56)44-59(13-3)73(104)93-94-82(113)114-39-40-118-119-47-52(7)86-72(103)53(8)87-74(105)63(42-55-23-16-14-17-24-55)89-68(99)43-57-26-28-58(29-27-57)46-85-80(111)83-36-19-15-20-37-84-81(112)91-62(79(109)110)34-35-69(100)101/h13-14,16-17,23-24,26-33,48,50-53,59-60,62-63,65-67,71,98H,3,11-12,15,18-22,25,34-47,49H2,1-2,4-10H3,(H,86,103)(H,87,105)(H,88,106)(H,89,99)(H,92,107)(H,93,104)(H,94,113)(H,100,101)(H,109,110)(H2,83,85,111)(H2,84,91,112)/t51-,52+,53-,59-,60-,62-,63-,65+,66+,67+,71?/m0/s1. The van der Waals surface area contributed by atoms with Crippen molar-refractivity contribution in [2.75, 3.05) is 51.5 Å². The number of thiazole rings is 1. The van der Waals surface area contributed by atoms with E-state index in [0.29, 0.717) is 67.7 Å². The van der Waals surface area contributed by atoms with Gasteiger partial charge in [-0.15, -0.1) is 17.9 Å². The molecule has 3 aromatic carbocycles. The Morgan fingerprint density at radius 3 is 2.02 bits per heavy atom. The number of amides is 12. The number of likely N-dealkylation sites (N-methyl/N-ethyl adjacent to an activating group) is 1. The third-order valence-electron chi connectivity index (χ3n) is 19.5. The molecule has 1 aromatic heterocycles. The van der Waals surface area contributed by atoms with E-state index in [1.807, 2.05) is 64.8 Å². The number of phenolic OH excluding ortho intramolecular Hbond substituents is 1. The number of aromatic hydroxyl groups is 1. The minimum absolute atomic E-state index is 0.00195. The number of urea groups is 2. The lowest BCUT2D eigenvalue weighted by atomic mass is 9.92. The lowest BCUT2D eigenvalue weighted by Gasteiger charge is -2.39. The van der Waals surface area contributed by atoms with Crippen LogP contribution < -0.4 is 58.7 Å². The number of esters is 2. The first-order valence-electron chi connectivity index (χ1n) is 40.1. The lowest BCUT2D eigenvalue weighted by molar-refractivity contribution is -0.160. The Morgan fingerprint density at radius 1 is 0.706 bits per heavy atom. The van der Waals surface area contributed by atoms with Crippen molar-refractivity contribution in [2.24, 2.45) is 17.8 Å². The SMILES string of the molecule is C=C[C@@H](C[C@H](Cc1ccc(O)cc1)NC(=O)c1csc([C@@H](C[C@H](C(C)C)N(COC(=O)CCC)C(=O)C(NC(=O)[C@H]2CCCCN2C)[C@@H](C)CC)OC(C)=O)n1)C(=O)NNC(=O)OCCSSC[C@@H](C)NC(=O)[C@H](C)NC(=O)[C@H](Cc1ccccc1)NC(=O)Cc1ccc(CNC(=O)NCCCCCNC(=O)N[C@@H](CCC(=O)O)C(=O)O)cc1. The molecule has 0 spiro atoms. The van der Waals surface area contributed by atoms with Crippen LogP contribution in [-0.4, -0.2) is 213 Å². The second kappa shape index (κ2) is 53.1. The number of carboxylic acid groups (broad SMARTS) is 2. The normalized spacial score (nSPS) is 15.1. The van der Waals surface area contributed by atoms with E-state index in [4.69, 9.17) is 19.3 Å². The number of hydrazine groups is 1. The molecule has 1 saturated heterocycles. The Kier molecular flexibility index (Phi) is 44.2. The maximum Gasteiger partial charge on any atom is 0.426 e. The molecule has 0 bridgehead atoms. The highest BCUT2D eigenvalue weighted by Crippen LogP contribution is 2.33. The predicted octanol–water partition coefficient (Wildman–Crippen LogP) is 7.25. The largest absolute Gasteiger partial charge is 0.508 e. The van der Waals surface area contributed by atoms with Gasteiger partial charge in [-0.3, -0.25) is 58.3 Å². The van der Waals surface area contributed by atoms with Gasteiger partial charge in [0.05, 0.1) is 18.4 Å². The first-order valence-corrected chi connectivity index (χ1v) is 43.4. The van der Waals surface area contributed by atoms with Gasteiger partial charge in [-0.1, -0.05) is 142 Å². The van der Waals surface area contributed by atoms with Crippen molar-refractivity contribution in [1.29, 1.82) is 0 Å². The second-order valence-electron chi connectivity index (χ2n) is 29.6.